The molecule has 1 aromatic rings. The predicted molar refractivity (Wildman–Crippen MR) is 114 cm³/mol. The molecule has 28 heavy (non-hydrogen) atoms. The van der Waals surface area contributed by atoms with E-state index < -0.39 is 0 Å². The van der Waals surface area contributed by atoms with Crippen LogP contribution < -0.4 is 16.4 Å². The summed E-state index contributed by atoms with van der Waals surface area (Å²) in [6, 6.07) is 7.66. The van der Waals surface area contributed by atoms with E-state index in [9.17, 15) is 9.59 Å². The SMILES string of the molecule is CC(C)CC(CNC(=O)Nc1ccccc1SCCC(N)=O)N1CCOCC1. The Morgan fingerprint density at radius 2 is 1.96 bits per heavy atom. The lowest BCUT2D eigenvalue weighted by atomic mass is 10.0. The van der Waals surface area contributed by atoms with Crippen molar-refractivity contribution in [1.29, 1.82) is 0 Å². The summed E-state index contributed by atoms with van der Waals surface area (Å²) in [6.07, 6.45) is 1.33. The van der Waals surface area contributed by atoms with Crippen molar-refractivity contribution in [3.63, 3.8) is 0 Å². The molecular weight excluding hydrogens is 376 g/mol. The first-order chi connectivity index (χ1) is 13.5. The van der Waals surface area contributed by atoms with E-state index in [4.69, 9.17) is 10.5 Å². The van der Waals surface area contributed by atoms with E-state index in [1.807, 2.05) is 24.3 Å². The lowest BCUT2D eigenvalue weighted by molar-refractivity contribution is -0.117. The fourth-order valence-electron chi connectivity index (χ4n) is 3.18. The number of benzene rings is 1. The highest BCUT2D eigenvalue weighted by molar-refractivity contribution is 7.99. The maximum absolute atomic E-state index is 12.5. The Morgan fingerprint density at radius 1 is 1.25 bits per heavy atom. The van der Waals surface area contributed by atoms with E-state index in [0.717, 1.165) is 43.3 Å². The Morgan fingerprint density at radius 3 is 2.64 bits per heavy atom. The molecule has 0 spiro atoms. The number of hydrogen-bond acceptors (Lipinski definition) is 5. The van der Waals surface area contributed by atoms with Crippen molar-refractivity contribution in [2.24, 2.45) is 11.7 Å². The zero-order chi connectivity index (χ0) is 20.4. The lowest BCUT2D eigenvalue weighted by Gasteiger charge is -2.35. The average molecular weight is 409 g/mol. The van der Waals surface area contributed by atoms with Gasteiger partial charge in [0.1, 0.15) is 0 Å². The van der Waals surface area contributed by atoms with Crippen LogP contribution in [0.2, 0.25) is 0 Å². The maximum Gasteiger partial charge on any atom is 0.319 e. The van der Waals surface area contributed by atoms with Crippen LogP contribution in [0.5, 0.6) is 0 Å². The fourth-order valence-corrected chi connectivity index (χ4v) is 4.16. The molecule has 7 nitrogen and oxygen atoms in total. The normalized spacial score (nSPS) is 16.0. The summed E-state index contributed by atoms with van der Waals surface area (Å²) < 4.78 is 5.45. The molecule has 1 unspecified atom stereocenters. The lowest BCUT2D eigenvalue weighted by Crippen LogP contribution is -2.49. The highest BCUT2D eigenvalue weighted by Crippen LogP contribution is 2.27. The van der Waals surface area contributed by atoms with Gasteiger partial charge in [-0.1, -0.05) is 26.0 Å². The number of hydrogen-bond donors (Lipinski definition) is 3. The van der Waals surface area contributed by atoms with Crippen LogP contribution in [0.15, 0.2) is 29.2 Å². The van der Waals surface area contributed by atoms with Gasteiger partial charge in [0.05, 0.1) is 18.9 Å². The minimum atomic E-state index is -0.324. The number of carbonyl (C=O) groups excluding carboxylic acids is 2. The van der Waals surface area contributed by atoms with Crippen molar-refractivity contribution in [2.75, 3.05) is 43.9 Å². The van der Waals surface area contributed by atoms with Crippen LogP contribution in [0.25, 0.3) is 0 Å². The average Bonchev–Trinajstić information content (AvgIpc) is 2.66. The zero-order valence-electron chi connectivity index (χ0n) is 16.8. The molecule has 8 heteroatoms. The molecule has 3 amide bonds. The number of nitrogens with zero attached hydrogens (tertiary/aromatic N) is 1. The molecule has 1 fully saturated rings. The van der Waals surface area contributed by atoms with Crippen LogP contribution in [0.3, 0.4) is 0 Å². The Bertz CT molecular complexity index is 636. The van der Waals surface area contributed by atoms with Crippen LogP contribution in [-0.2, 0) is 9.53 Å². The highest BCUT2D eigenvalue weighted by atomic mass is 32.2. The van der Waals surface area contributed by atoms with Gasteiger partial charge in [0.2, 0.25) is 5.91 Å². The van der Waals surface area contributed by atoms with Gasteiger partial charge in [-0.15, -0.1) is 11.8 Å². The van der Waals surface area contributed by atoms with Gasteiger partial charge in [-0.25, -0.2) is 4.79 Å². The summed E-state index contributed by atoms with van der Waals surface area (Å²) in [7, 11) is 0. The highest BCUT2D eigenvalue weighted by Gasteiger charge is 2.22. The molecule has 2 rings (SSSR count). The maximum atomic E-state index is 12.5. The van der Waals surface area contributed by atoms with Crippen molar-refractivity contribution < 1.29 is 14.3 Å². The largest absolute Gasteiger partial charge is 0.379 e. The number of carbonyl (C=O) groups is 2. The minimum Gasteiger partial charge on any atom is -0.379 e. The van der Waals surface area contributed by atoms with Gasteiger partial charge < -0.3 is 21.1 Å². The molecule has 1 aromatic carbocycles. The van der Waals surface area contributed by atoms with E-state index in [0.29, 0.717) is 30.7 Å². The summed E-state index contributed by atoms with van der Waals surface area (Å²) in [4.78, 5) is 26.7. The summed E-state index contributed by atoms with van der Waals surface area (Å²) in [6.45, 7) is 8.30. The van der Waals surface area contributed by atoms with Crippen LogP contribution in [0, 0.1) is 5.92 Å². The second-order valence-corrected chi connectivity index (χ2v) is 8.46. The molecular formula is C20H32N4O3S. The number of thioether (sulfide) groups is 1. The minimum absolute atomic E-state index is 0.218. The summed E-state index contributed by atoms with van der Waals surface area (Å²) >= 11 is 1.51. The van der Waals surface area contributed by atoms with Gasteiger partial charge in [0.25, 0.3) is 0 Å². The van der Waals surface area contributed by atoms with Crippen LogP contribution in [0.4, 0.5) is 10.5 Å². The second-order valence-electron chi connectivity index (χ2n) is 7.33. The van der Waals surface area contributed by atoms with Gasteiger partial charge in [0.15, 0.2) is 0 Å². The van der Waals surface area contributed by atoms with Gasteiger partial charge in [-0.2, -0.15) is 0 Å². The molecule has 1 aliphatic heterocycles. The number of para-hydroxylation sites is 1. The molecule has 1 aliphatic rings. The Kier molecular flexibility index (Phi) is 9.60. The van der Waals surface area contributed by atoms with Gasteiger partial charge >= 0.3 is 6.03 Å². The molecule has 0 aliphatic carbocycles. The molecule has 1 saturated heterocycles. The number of amides is 3. The number of rotatable bonds is 10. The van der Waals surface area contributed by atoms with Gasteiger partial charge in [-0.05, 0) is 24.5 Å². The number of ether oxygens (including phenoxy) is 1. The van der Waals surface area contributed by atoms with Gasteiger partial charge in [0, 0.05) is 42.7 Å². The number of anilines is 1. The monoisotopic (exact) mass is 408 g/mol. The van der Waals surface area contributed by atoms with Crippen LogP contribution in [0.1, 0.15) is 26.7 Å². The smallest absolute Gasteiger partial charge is 0.319 e. The molecule has 4 N–H and O–H groups in total. The first-order valence-electron chi connectivity index (χ1n) is 9.82. The molecule has 0 bridgehead atoms. The Balaban J connectivity index is 1.88. The molecule has 156 valence electrons. The zero-order valence-corrected chi connectivity index (χ0v) is 17.6. The number of nitrogens with one attached hydrogen (secondary N) is 2. The molecule has 0 radical (unpaired) electrons. The Hall–Kier alpha value is -1.77. The first kappa shape index (κ1) is 22.5. The van der Waals surface area contributed by atoms with Crippen molar-refractivity contribution in [2.45, 2.75) is 37.6 Å². The standard InChI is InChI=1S/C20H32N4O3S/c1-15(2)13-16(24-8-10-27-11-9-24)14-22-20(26)23-17-5-3-4-6-18(17)28-12-7-19(21)25/h3-6,15-16H,7-14H2,1-2H3,(H2,21,25)(H2,22,23,26). The van der Waals surface area contributed by atoms with Crippen LogP contribution >= 0.6 is 11.8 Å². The van der Waals surface area contributed by atoms with Crippen molar-refractivity contribution in [1.82, 2.24) is 10.2 Å². The van der Waals surface area contributed by atoms with E-state index in [1.54, 1.807) is 0 Å². The third kappa shape index (κ3) is 8.08. The quantitative estimate of drug-likeness (QED) is 0.517. The number of primary amides is 1. The number of nitrogens with two attached hydrogens (primary N) is 1. The summed E-state index contributed by atoms with van der Waals surface area (Å²) in [5, 5.41) is 5.95. The first-order valence-corrected chi connectivity index (χ1v) is 10.8. The molecule has 1 atom stereocenters. The summed E-state index contributed by atoms with van der Waals surface area (Å²) in [5.41, 5.74) is 5.93. The van der Waals surface area contributed by atoms with E-state index >= 15 is 0 Å². The second kappa shape index (κ2) is 11.9. The van der Waals surface area contributed by atoms with Crippen molar-refractivity contribution in [3.05, 3.63) is 24.3 Å². The molecule has 0 saturated carbocycles. The number of morpholine rings is 1. The van der Waals surface area contributed by atoms with E-state index in [2.05, 4.69) is 29.4 Å². The predicted octanol–water partition coefficient (Wildman–Crippen LogP) is 2.52. The summed E-state index contributed by atoms with van der Waals surface area (Å²) in [5.74, 6) is 0.818. The number of urea groups is 1. The van der Waals surface area contributed by atoms with E-state index in [1.165, 1.54) is 11.8 Å². The fraction of sp³-hybridized carbons (Fsp3) is 0.600. The van der Waals surface area contributed by atoms with Crippen LogP contribution in [-0.4, -0.2) is 61.5 Å². The molecule has 0 aromatic heterocycles. The van der Waals surface area contributed by atoms with E-state index in [-0.39, 0.29) is 11.9 Å². The third-order valence-corrected chi connectivity index (χ3v) is 5.62. The van der Waals surface area contributed by atoms with Crippen molar-refractivity contribution in [3.8, 4) is 0 Å². The third-order valence-electron chi connectivity index (χ3n) is 4.55. The molecule has 1 heterocycles. The topological polar surface area (TPSA) is 96.7 Å². The Labute approximate surface area is 171 Å². The van der Waals surface area contributed by atoms with Crippen molar-refractivity contribution >= 4 is 29.4 Å². The van der Waals surface area contributed by atoms with Gasteiger partial charge in [-0.3, -0.25) is 9.69 Å².